The van der Waals surface area contributed by atoms with E-state index in [1.54, 1.807) is 14.2 Å². The molecule has 0 aromatic heterocycles. The van der Waals surface area contributed by atoms with Crippen LogP contribution in [0.5, 0.6) is 11.5 Å². The van der Waals surface area contributed by atoms with Gasteiger partial charge in [0.1, 0.15) is 16.5 Å². The summed E-state index contributed by atoms with van der Waals surface area (Å²) in [6, 6.07) is 3.89. The quantitative estimate of drug-likeness (QED) is 0.663. The zero-order chi connectivity index (χ0) is 13.7. The fourth-order valence-electron chi connectivity index (χ4n) is 1.81. The maximum atomic E-state index is 6.26. The lowest BCUT2D eigenvalue weighted by molar-refractivity contribution is 0.389. The minimum Gasteiger partial charge on any atom is -0.495 e. The molecule has 0 aliphatic rings. The first kappa shape index (κ1) is 15.6. The molecule has 0 bridgehead atoms. The number of methoxy groups -OCH3 is 2. The van der Waals surface area contributed by atoms with Gasteiger partial charge in [-0.1, -0.05) is 53.9 Å². The number of hydrogen-bond donors (Lipinski definition) is 0. The van der Waals surface area contributed by atoms with Crippen molar-refractivity contribution in [1.29, 1.82) is 0 Å². The Balaban J connectivity index is 3.05. The summed E-state index contributed by atoms with van der Waals surface area (Å²) in [5, 5.41) is 0.533. The van der Waals surface area contributed by atoms with Gasteiger partial charge in [0, 0.05) is 10.4 Å². The van der Waals surface area contributed by atoms with E-state index < -0.39 is 0 Å². The molecule has 2 nitrogen and oxygen atoms in total. The standard InChI is InChI=1S/C14H20BrClO2/c1-5-9(2)8-11(15)10-6-7-12(17-3)13(16)14(10)18-4/h6-7,9,11H,5,8H2,1-4H3. The zero-order valence-electron chi connectivity index (χ0n) is 11.3. The van der Waals surface area contributed by atoms with Crippen molar-refractivity contribution in [3.05, 3.63) is 22.7 Å². The summed E-state index contributed by atoms with van der Waals surface area (Å²) < 4.78 is 10.6. The van der Waals surface area contributed by atoms with Gasteiger partial charge in [0.2, 0.25) is 0 Å². The van der Waals surface area contributed by atoms with Gasteiger partial charge in [-0.15, -0.1) is 0 Å². The number of halogens is 2. The van der Waals surface area contributed by atoms with E-state index in [2.05, 4.69) is 29.8 Å². The predicted molar refractivity (Wildman–Crippen MR) is 80.3 cm³/mol. The number of hydrogen-bond acceptors (Lipinski definition) is 2. The molecule has 0 saturated carbocycles. The molecular formula is C14H20BrClO2. The molecule has 1 aromatic carbocycles. The third-order valence-corrected chi connectivity index (χ3v) is 4.38. The lowest BCUT2D eigenvalue weighted by atomic mass is 9.98. The Morgan fingerprint density at radius 1 is 1.28 bits per heavy atom. The highest BCUT2D eigenvalue weighted by Gasteiger charge is 2.20. The van der Waals surface area contributed by atoms with Crippen molar-refractivity contribution in [1.82, 2.24) is 0 Å². The molecule has 0 amide bonds. The van der Waals surface area contributed by atoms with Crippen LogP contribution in [0.15, 0.2) is 12.1 Å². The lowest BCUT2D eigenvalue weighted by Gasteiger charge is -2.19. The first-order valence-corrected chi connectivity index (χ1v) is 7.38. The zero-order valence-corrected chi connectivity index (χ0v) is 13.6. The summed E-state index contributed by atoms with van der Waals surface area (Å²) in [4.78, 5) is 0.241. The van der Waals surface area contributed by atoms with Crippen molar-refractivity contribution >= 4 is 27.5 Å². The van der Waals surface area contributed by atoms with E-state index in [-0.39, 0.29) is 4.83 Å². The molecule has 0 N–H and O–H groups in total. The van der Waals surface area contributed by atoms with Gasteiger partial charge in [-0.3, -0.25) is 0 Å². The fourth-order valence-corrected chi connectivity index (χ4v) is 3.14. The van der Waals surface area contributed by atoms with E-state index in [0.717, 1.165) is 18.4 Å². The topological polar surface area (TPSA) is 18.5 Å². The van der Waals surface area contributed by atoms with Crippen molar-refractivity contribution in [2.45, 2.75) is 31.5 Å². The highest BCUT2D eigenvalue weighted by molar-refractivity contribution is 9.09. The van der Waals surface area contributed by atoms with E-state index in [4.69, 9.17) is 21.1 Å². The van der Waals surface area contributed by atoms with Crippen molar-refractivity contribution in [3.8, 4) is 11.5 Å². The number of alkyl halides is 1. The first-order valence-electron chi connectivity index (χ1n) is 6.09. The van der Waals surface area contributed by atoms with Crippen LogP contribution >= 0.6 is 27.5 Å². The lowest BCUT2D eigenvalue weighted by Crippen LogP contribution is -2.02. The van der Waals surface area contributed by atoms with E-state index >= 15 is 0 Å². The van der Waals surface area contributed by atoms with Gasteiger partial charge in [0.15, 0.2) is 0 Å². The summed E-state index contributed by atoms with van der Waals surface area (Å²) in [7, 11) is 3.23. The first-order chi connectivity index (χ1) is 8.54. The third-order valence-electron chi connectivity index (χ3n) is 3.16. The molecule has 0 radical (unpaired) electrons. The van der Waals surface area contributed by atoms with E-state index in [1.807, 2.05) is 12.1 Å². The van der Waals surface area contributed by atoms with Gasteiger partial charge < -0.3 is 9.47 Å². The summed E-state index contributed by atoms with van der Waals surface area (Å²) in [5.74, 6) is 1.99. The van der Waals surface area contributed by atoms with Gasteiger partial charge in [-0.2, -0.15) is 0 Å². The monoisotopic (exact) mass is 334 g/mol. The SMILES string of the molecule is CCC(C)CC(Br)c1ccc(OC)c(Cl)c1OC. The predicted octanol–water partition coefficient (Wildman–Crippen LogP) is 5.23. The highest BCUT2D eigenvalue weighted by Crippen LogP contribution is 2.43. The number of rotatable bonds is 6. The maximum absolute atomic E-state index is 6.26. The van der Waals surface area contributed by atoms with E-state index in [0.29, 0.717) is 22.4 Å². The molecule has 0 aliphatic carbocycles. The van der Waals surface area contributed by atoms with Crippen LogP contribution in [0.1, 0.15) is 37.1 Å². The van der Waals surface area contributed by atoms with Crippen LogP contribution in [0.25, 0.3) is 0 Å². The van der Waals surface area contributed by atoms with Crippen molar-refractivity contribution in [2.24, 2.45) is 5.92 Å². The van der Waals surface area contributed by atoms with E-state index in [1.165, 1.54) is 0 Å². The van der Waals surface area contributed by atoms with Crippen LogP contribution in [0.4, 0.5) is 0 Å². The minimum absolute atomic E-state index is 0.241. The molecule has 2 unspecified atom stereocenters. The fraction of sp³-hybridized carbons (Fsp3) is 0.571. The molecule has 0 saturated heterocycles. The Morgan fingerprint density at radius 2 is 1.94 bits per heavy atom. The second kappa shape index (κ2) is 7.25. The van der Waals surface area contributed by atoms with E-state index in [9.17, 15) is 0 Å². The Bertz CT molecular complexity index is 396. The van der Waals surface area contributed by atoms with Gasteiger partial charge in [-0.05, 0) is 18.4 Å². The molecule has 4 heteroatoms. The maximum Gasteiger partial charge on any atom is 0.145 e. The summed E-state index contributed by atoms with van der Waals surface area (Å²) in [6.45, 7) is 4.44. The third kappa shape index (κ3) is 3.55. The second-order valence-corrected chi connectivity index (χ2v) is 5.90. The van der Waals surface area contributed by atoms with Crippen LogP contribution in [-0.4, -0.2) is 14.2 Å². The van der Waals surface area contributed by atoms with Gasteiger partial charge in [0.25, 0.3) is 0 Å². The number of ether oxygens (including phenoxy) is 2. The molecule has 102 valence electrons. The Hall–Kier alpha value is -0.410. The molecule has 18 heavy (non-hydrogen) atoms. The van der Waals surface area contributed by atoms with Gasteiger partial charge in [0.05, 0.1) is 14.2 Å². The molecule has 0 spiro atoms. The van der Waals surface area contributed by atoms with Gasteiger partial charge >= 0.3 is 0 Å². The molecule has 0 heterocycles. The summed E-state index contributed by atoms with van der Waals surface area (Å²) >= 11 is 9.98. The van der Waals surface area contributed by atoms with Crippen molar-refractivity contribution < 1.29 is 9.47 Å². The van der Waals surface area contributed by atoms with Crippen LogP contribution in [0.2, 0.25) is 5.02 Å². The Morgan fingerprint density at radius 3 is 2.44 bits per heavy atom. The molecule has 1 rings (SSSR count). The molecule has 2 atom stereocenters. The smallest absolute Gasteiger partial charge is 0.145 e. The molecule has 1 aromatic rings. The largest absolute Gasteiger partial charge is 0.495 e. The number of benzene rings is 1. The van der Waals surface area contributed by atoms with Crippen LogP contribution in [-0.2, 0) is 0 Å². The van der Waals surface area contributed by atoms with Crippen LogP contribution in [0, 0.1) is 5.92 Å². The molecule has 0 aliphatic heterocycles. The second-order valence-electron chi connectivity index (χ2n) is 4.42. The van der Waals surface area contributed by atoms with Gasteiger partial charge in [-0.25, -0.2) is 0 Å². The van der Waals surface area contributed by atoms with Crippen LogP contribution < -0.4 is 9.47 Å². The Kier molecular flexibility index (Phi) is 6.30. The molecule has 0 fully saturated rings. The van der Waals surface area contributed by atoms with Crippen molar-refractivity contribution in [2.75, 3.05) is 14.2 Å². The minimum atomic E-state index is 0.241. The Labute approximate surface area is 123 Å². The normalized spacial score (nSPS) is 14.1. The highest BCUT2D eigenvalue weighted by atomic mass is 79.9. The van der Waals surface area contributed by atoms with Crippen molar-refractivity contribution in [3.63, 3.8) is 0 Å². The average molecular weight is 336 g/mol. The average Bonchev–Trinajstić information content (AvgIpc) is 2.37. The molecular weight excluding hydrogens is 316 g/mol. The van der Waals surface area contributed by atoms with Crippen LogP contribution in [0.3, 0.4) is 0 Å². The summed E-state index contributed by atoms with van der Waals surface area (Å²) in [5.41, 5.74) is 1.07. The summed E-state index contributed by atoms with van der Waals surface area (Å²) in [6.07, 6.45) is 2.21.